The van der Waals surface area contributed by atoms with Crippen LogP contribution in [-0.4, -0.2) is 38.0 Å². The number of aliphatic hydroxyl groups excluding tert-OH is 1. The predicted octanol–water partition coefficient (Wildman–Crippen LogP) is 2.38. The van der Waals surface area contributed by atoms with Crippen molar-refractivity contribution >= 4 is 0 Å². The van der Waals surface area contributed by atoms with E-state index in [1.807, 2.05) is 30.5 Å². The van der Waals surface area contributed by atoms with Gasteiger partial charge >= 0.3 is 0 Å². The maximum absolute atomic E-state index is 10.5. The molecule has 5 heteroatoms. The molecular weight excluding hydrogens is 288 g/mol. The van der Waals surface area contributed by atoms with E-state index in [9.17, 15) is 5.11 Å². The van der Waals surface area contributed by atoms with Crippen LogP contribution < -0.4 is 0 Å². The molecule has 3 rings (SSSR count). The molecule has 3 heterocycles. The number of nitrogens with zero attached hydrogens (tertiary/aromatic N) is 4. The third-order valence-electron chi connectivity index (χ3n) is 4.53. The molecule has 1 aliphatic rings. The Labute approximate surface area is 137 Å². The van der Waals surface area contributed by atoms with Gasteiger partial charge in [-0.1, -0.05) is 13.0 Å². The van der Waals surface area contributed by atoms with Crippen molar-refractivity contribution in [2.24, 2.45) is 5.92 Å². The highest BCUT2D eigenvalue weighted by atomic mass is 16.3. The summed E-state index contributed by atoms with van der Waals surface area (Å²) >= 11 is 0. The van der Waals surface area contributed by atoms with Gasteiger partial charge in [0.15, 0.2) is 0 Å². The van der Waals surface area contributed by atoms with Crippen LogP contribution in [0.15, 0.2) is 36.7 Å². The van der Waals surface area contributed by atoms with Gasteiger partial charge in [0.1, 0.15) is 5.82 Å². The van der Waals surface area contributed by atoms with E-state index in [-0.39, 0.29) is 5.92 Å². The quantitative estimate of drug-likeness (QED) is 0.918. The lowest BCUT2D eigenvalue weighted by atomic mass is 9.89. The number of aliphatic hydroxyl groups is 1. The second kappa shape index (κ2) is 7.62. The highest BCUT2D eigenvalue weighted by Gasteiger charge is 2.27. The Bertz CT molecular complexity index is 611. The maximum Gasteiger partial charge on any atom is 0.128 e. The molecule has 23 heavy (non-hydrogen) atoms. The fraction of sp³-hybridized carbons (Fsp3) is 0.500. The standard InChI is InChI=1S/C18H24N4O/c1-2-17-20-10-6-15(21-17)13-22-11-7-14(8-12-22)18(23)16-5-3-4-9-19-16/h3-6,9-10,14,18,23H,2,7-8,11-13H2,1H3. The van der Waals surface area contributed by atoms with Gasteiger partial charge in [-0.2, -0.15) is 0 Å². The van der Waals surface area contributed by atoms with E-state index < -0.39 is 6.10 Å². The van der Waals surface area contributed by atoms with Crippen molar-refractivity contribution in [3.63, 3.8) is 0 Å². The molecule has 122 valence electrons. The van der Waals surface area contributed by atoms with Crippen molar-refractivity contribution in [2.75, 3.05) is 13.1 Å². The molecule has 1 unspecified atom stereocenters. The molecule has 5 nitrogen and oxygen atoms in total. The normalized spacial score (nSPS) is 18.0. The number of hydrogen-bond donors (Lipinski definition) is 1. The summed E-state index contributed by atoms with van der Waals surface area (Å²) in [4.78, 5) is 15.5. The molecule has 0 aliphatic carbocycles. The van der Waals surface area contributed by atoms with Crippen molar-refractivity contribution < 1.29 is 5.11 Å². The topological polar surface area (TPSA) is 62.1 Å². The first-order valence-electron chi connectivity index (χ1n) is 8.38. The minimum absolute atomic E-state index is 0.290. The Balaban J connectivity index is 1.54. The summed E-state index contributed by atoms with van der Waals surface area (Å²) in [6.45, 7) is 4.91. The predicted molar refractivity (Wildman–Crippen MR) is 88.6 cm³/mol. The Hall–Kier alpha value is -1.85. The van der Waals surface area contributed by atoms with Crippen LogP contribution in [0.2, 0.25) is 0 Å². The van der Waals surface area contributed by atoms with Crippen LogP contribution in [0.5, 0.6) is 0 Å². The van der Waals surface area contributed by atoms with Gasteiger partial charge in [0.2, 0.25) is 0 Å². The summed E-state index contributed by atoms with van der Waals surface area (Å²) in [6.07, 6.45) is 5.98. The number of pyridine rings is 1. The molecule has 1 N–H and O–H groups in total. The zero-order valence-corrected chi connectivity index (χ0v) is 13.6. The Morgan fingerprint density at radius 3 is 2.70 bits per heavy atom. The van der Waals surface area contributed by atoms with Gasteiger partial charge in [-0.25, -0.2) is 9.97 Å². The fourth-order valence-electron chi connectivity index (χ4n) is 3.15. The lowest BCUT2D eigenvalue weighted by molar-refractivity contribution is 0.0536. The number of hydrogen-bond acceptors (Lipinski definition) is 5. The molecule has 0 spiro atoms. The Morgan fingerprint density at radius 2 is 2.00 bits per heavy atom. The molecule has 0 aromatic carbocycles. The number of likely N-dealkylation sites (tertiary alicyclic amines) is 1. The van der Waals surface area contributed by atoms with Gasteiger partial charge in [0.25, 0.3) is 0 Å². The van der Waals surface area contributed by atoms with Gasteiger partial charge in [-0.15, -0.1) is 0 Å². The molecule has 1 saturated heterocycles. The Morgan fingerprint density at radius 1 is 1.17 bits per heavy atom. The first kappa shape index (κ1) is 16.0. The van der Waals surface area contributed by atoms with E-state index >= 15 is 0 Å². The SMILES string of the molecule is CCc1nccc(CN2CCC(C(O)c3ccccn3)CC2)n1. The molecular formula is C18H24N4O. The van der Waals surface area contributed by atoms with E-state index in [0.717, 1.165) is 56.1 Å². The van der Waals surface area contributed by atoms with Gasteiger partial charge < -0.3 is 5.11 Å². The summed E-state index contributed by atoms with van der Waals surface area (Å²) < 4.78 is 0. The summed E-state index contributed by atoms with van der Waals surface area (Å²) in [5, 5.41) is 10.5. The Kier molecular flexibility index (Phi) is 5.31. The van der Waals surface area contributed by atoms with E-state index in [1.165, 1.54) is 0 Å². The highest BCUT2D eigenvalue weighted by molar-refractivity contribution is 5.08. The molecule has 0 radical (unpaired) electrons. The third-order valence-corrected chi connectivity index (χ3v) is 4.53. The average Bonchev–Trinajstić information content (AvgIpc) is 2.63. The van der Waals surface area contributed by atoms with Crippen molar-refractivity contribution in [3.05, 3.63) is 53.9 Å². The summed E-state index contributed by atoms with van der Waals surface area (Å²) in [5.74, 6) is 1.20. The molecule has 2 aromatic rings. The van der Waals surface area contributed by atoms with Gasteiger partial charge in [-0.05, 0) is 50.0 Å². The van der Waals surface area contributed by atoms with Crippen LogP contribution in [0.25, 0.3) is 0 Å². The smallest absolute Gasteiger partial charge is 0.128 e. The first-order valence-corrected chi connectivity index (χ1v) is 8.38. The summed E-state index contributed by atoms with van der Waals surface area (Å²) in [7, 11) is 0. The second-order valence-electron chi connectivity index (χ2n) is 6.13. The molecule has 1 aliphatic heterocycles. The first-order chi connectivity index (χ1) is 11.3. The zero-order valence-electron chi connectivity index (χ0n) is 13.6. The van der Waals surface area contributed by atoms with E-state index in [1.54, 1.807) is 6.20 Å². The van der Waals surface area contributed by atoms with Crippen LogP contribution in [0.4, 0.5) is 0 Å². The minimum Gasteiger partial charge on any atom is -0.387 e. The number of aromatic nitrogens is 3. The molecule has 0 bridgehead atoms. The number of aryl methyl sites for hydroxylation is 1. The van der Waals surface area contributed by atoms with Gasteiger partial charge in [0, 0.05) is 25.4 Å². The minimum atomic E-state index is -0.455. The average molecular weight is 312 g/mol. The number of piperidine rings is 1. The summed E-state index contributed by atoms with van der Waals surface area (Å²) in [6, 6.07) is 7.71. The van der Waals surface area contributed by atoms with Crippen molar-refractivity contribution in [2.45, 2.75) is 38.8 Å². The molecule has 2 aromatic heterocycles. The lowest BCUT2D eigenvalue weighted by Gasteiger charge is -2.33. The molecule has 0 amide bonds. The molecule has 1 fully saturated rings. The van der Waals surface area contributed by atoms with Crippen molar-refractivity contribution in [1.29, 1.82) is 0 Å². The van der Waals surface area contributed by atoms with E-state index in [2.05, 4.69) is 26.8 Å². The lowest BCUT2D eigenvalue weighted by Crippen LogP contribution is -2.35. The molecule has 1 atom stereocenters. The van der Waals surface area contributed by atoms with Crippen molar-refractivity contribution in [1.82, 2.24) is 19.9 Å². The van der Waals surface area contributed by atoms with Gasteiger partial charge in [0.05, 0.1) is 17.5 Å². The second-order valence-corrected chi connectivity index (χ2v) is 6.13. The van der Waals surface area contributed by atoms with Crippen LogP contribution >= 0.6 is 0 Å². The van der Waals surface area contributed by atoms with E-state index in [4.69, 9.17) is 0 Å². The monoisotopic (exact) mass is 312 g/mol. The zero-order chi connectivity index (χ0) is 16.1. The van der Waals surface area contributed by atoms with E-state index in [0.29, 0.717) is 0 Å². The largest absolute Gasteiger partial charge is 0.387 e. The molecule has 0 saturated carbocycles. The third kappa shape index (κ3) is 4.12. The fourth-order valence-corrected chi connectivity index (χ4v) is 3.15. The number of rotatable bonds is 5. The van der Waals surface area contributed by atoms with Crippen molar-refractivity contribution in [3.8, 4) is 0 Å². The summed E-state index contributed by atoms with van der Waals surface area (Å²) in [5.41, 5.74) is 1.87. The van der Waals surface area contributed by atoms with Crippen LogP contribution in [0.1, 0.15) is 43.1 Å². The van der Waals surface area contributed by atoms with Gasteiger partial charge in [-0.3, -0.25) is 9.88 Å². The van der Waals surface area contributed by atoms with Crippen LogP contribution in [-0.2, 0) is 13.0 Å². The van der Waals surface area contributed by atoms with Crippen LogP contribution in [0, 0.1) is 5.92 Å². The maximum atomic E-state index is 10.5. The highest BCUT2D eigenvalue weighted by Crippen LogP contribution is 2.29. The van der Waals surface area contributed by atoms with Crippen LogP contribution in [0.3, 0.4) is 0 Å².